The summed E-state index contributed by atoms with van der Waals surface area (Å²) < 4.78 is 16.3. The molecule has 4 aromatic carbocycles. The van der Waals surface area contributed by atoms with E-state index in [1.165, 1.54) is 49.5 Å². The lowest BCUT2D eigenvalue weighted by Gasteiger charge is -2.26. The number of nitrogens with zero attached hydrogens (tertiary/aromatic N) is 1. The lowest BCUT2D eigenvalue weighted by molar-refractivity contribution is -0.135. The second-order valence-electron chi connectivity index (χ2n) is 13.0. The topological polar surface area (TPSA) is 94.2 Å². The number of nitrogens with one attached hydrogen (secondary N) is 1. The van der Waals surface area contributed by atoms with E-state index in [9.17, 15) is 14.4 Å². The standard InChI is InChI=1S/C42H48N2O6/c1-48-37-27-34(28-38(49-2)40(37)50-3)39(45)42(47)44-29-33(25-32-19-11-6-12-20-32)26-36(44)41(46)43-35(23-13-21-30-15-7-4-8-16-30)24-14-22-31-17-9-5-10-18-31/h4-12,15-20,27-28,33,35-36H,13-14,21-26,29H2,1-3H3,(H,43,46). The van der Waals surface area contributed by atoms with Crippen LogP contribution in [-0.2, 0) is 28.9 Å². The van der Waals surface area contributed by atoms with Crippen LogP contribution >= 0.6 is 0 Å². The summed E-state index contributed by atoms with van der Waals surface area (Å²) in [6, 6.07) is 32.9. The summed E-state index contributed by atoms with van der Waals surface area (Å²) in [5.74, 6) is -0.783. The Morgan fingerprint density at radius 3 is 1.70 bits per heavy atom. The molecule has 4 aromatic rings. The smallest absolute Gasteiger partial charge is 0.295 e. The van der Waals surface area contributed by atoms with Gasteiger partial charge in [0, 0.05) is 18.2 Å². The Morgan fingerprint density at radius 2 is 1.22 bits per heavy atom. The van der Waals surface area contributed by atoms with Crippen LogP contribution in [0.15, 0.2) is 103 Å². The van der Waals surface area contributed by atoms with Gasteiger partial charge in [-0.05, 0) is 86.1 Å². The van der Waals surface area contributed by atoms with Crippen molar-refractivity contribution in [3.8, 4) is 17.2 Å². The highest BCUT2D eigenvalue weighted by molar-refractivity contribution is 6.43. The van der Waals surface area contributed by atoms with Gasteiger partial charge >= 0.3 is 0 Å². The van der Waals surface area contributed by atoms with Crippen molar-refractivity contribution < 1.29 is 28.6 Å². The van der Waals surface area contributed by atoms with Crippen molar-refractivity contribution in [2.75, 3.05) is 27.9 Å². The van der Waals surface area contributed by atoms with Crippen LogP contribution in [0.5, 0.6) is 17.2 Å². The predicted molar refractivity (Wildman–Crippen MR) is 195 cm³/mol. The van der Waals surface area contributed by atoms with Crippen LogP contribution in [0.25, 0.3) is 0 Å². The molecule has 0 aromatic heterocycles. The van der Waals surface area contributed by atoms with E-state index in [0.29, 0.717) is 25.1 Å². The molecule has 1 aliphatic rings. The third-order valence-electron chi connectivity index (χ3n) is 9.51. The first kappa shape index (κ1) is 36.2. The first-order valence-corrected chi connectivity index (χ1v) is 17.5. The molecule has 1 saturated heterocycles. The fourth-order valence-corrected chi connectivity index (χ4v) is 6.94. The summed E-state index contributed by atoms with van der Waals surface area (Å²) in [6.45, 7) is 0.300. The lowest BCUT2D eigenvalue weighted by atomic mass is 9.96. The van der Waals surface area contributed by atoms with E-state index >= 15 is 0 Å². The second kappa shape index (κ2) is 18.0. The van der Waals surface area contributed by atoms with Gasteiger partial charge in [-0.25, -0.2) is 0 Å². The third kappa shape index (κ3) is 9.53. The fraction of sp³-hybridized carbons (Fsp3) is 0.357. The normalized spacial score (nSPS) is 15.5. The average molecular weight is 677 g/mol. The van der Waals surface area contributed by atoms with Crippen molar-refractivity contribution in [1.82, 2.24) is 10.2 Å². The van der Waals surface area contributed by atoms with Gasteiger partial charge in [0.1, 0.15) is 6.04 Å². The quantitative estimate of drug-likeness (QED) is 0.0968. The van der Waals surface area contributed by atoms with Gasteiger partial charge in [-0.2, -0.15) is 0 Å². The Morgan fingerprint density at radius 1 is 0.720 bits per heavy atom. The lowest BCUT2D eigenvalue weighted by Crippen LogP contribution is -2.50. The Labute approximate surface area is 295 Å². The number of hydrogen-bond donors (Lipinski definition) is 1. The average Bonchev–Trinajstić information content (AvgIpc) is 3.58. The van der Waals surface area contributed by atoms with Crippen LogP contribution in [0, 0.1) is 5.92 Å². The Balaban J connectivity index is 1.35. The van der Waals surface area contributed by atoms with Crippen LogP contribution < -0.4 is 19.5 Å². The van der Waals surface area contributed by atoms with Crippen molar-refractivity contribution >= 4 is 17.6 Å². The molecule has 0 radical (unpaired) electrons. The van der Waals surface area contributed by atoms with Gasteiger partial charge in [-0.3, -0.25) is 14.4 Å². The minimum absolute atomic E-state index is 0.0134. The van der Waals surface area contributed by atoms with Crippen LogP contribution in [0.4, 0.5) is 0 Å². The third-order valence-corrected chi connectivity index (χ3v) is 9.51. The summed E-state index contributed by atoms with van der Waals surface area (Å²) in [4.78, 5) is 43.5. The molecule has 0 spiro atoms. The van der Waals surface area contributed by atoms with Crippen LogP contribution in [0.3, 0.4) is 0 Å². The molecule has 50 heavy (non-hydrogen) atoms. The minimum atomic E-state index is -0.770. The molecule has 8 heteroatoms. The monoisotopic (exact) mass is 676 g/mol. The zero-order chi connectivity index (χ0) is 35.3. The van der Waals surface area contributed by atoms with Crippen LogP contribution in [0.2, 0.25) is 0 Å². The molecule has 0 bridgehead atoms. The minimum Gasteiger partial charge on any atom is -0.493 e. The Bertz CT molecular complexity index is 1630. The molecule has 262 valence electrons. The van der Waals surface area contributed by atoms with E-state index in [0.717, 1.165) is 44.1 Å². The molecule has 2 amide bonds. The molecule has 0 saturated carbocycles. The number of ether oxygens (including phenoxy) is 3. The molecular formula is C42H48N2O6. The number of benzene rings is 4. The van der Waals surface area contributed by atoms with Crippen molar-refractivity contribution in [3.63, 3.8) is 0 Å². The molecule has 1 fully saturated rings. The van der Waals surface area contributed by atoms with Gasteiger partial charge in [0.15, 0.2) is 11.5 Å². The number of aryl methyl sites for hydroxylation is 2. The van der Waals surface area contributed by atoms with E-state index in [1.54, 1.807) is 0 Å². The summed E-state index contributed by atoms with van der Waals surface area (Å²) in [6.07, 6.45) is 6.47. The summed E-state index contributed by atoms with van der Waals surface area (Å²) in [7, 11) is 4.39. The van der Waals surface area contributed by atoms with Gasteiger partial charge in [0.25, 0.3) is 11.7 Å². The largest absolute Gasteiger partial charge is 0.493 e. The number of hydrogen-bond acceptors (Lipinski definition) is 6. The summed E-state index contributed by atoms with van der Waals surface area (Å²) in [5, 5.41) is 3.33. The van der Waals surface area contributed by atoms with Crippen molar-refractivity contribution in [3.05, 3.63) is 125 Å². The van der Waals surface area contributed by atoms with Crippen molar-refractivity contribution in [2.24, 2.45) is 5.92 Å². The Hall–Kier alpha value is -5.11. The molecule has 1 N–H and O–H groups in total. The first-order valence-electron chi connectivity index (χ1n) is 17.5. The van der Waals surface area contributed by atoms with Gasteiger partial charge in [-0.15, -0.1) is 0 Å². The maximum absolute atomic E-state index is 14.2. The summed E-state index contributed by atoms with van der Waals surface area (Å²) >= 11 is 0. The van der Waals surface area contributed by atoms with E-state index in [4.69, 9.17) is 14.2 Å². The van der Waals surface area contributed by atoms with Crippen LogP contribution in [-0.4, -0.2) is 62.5 Å². The number of likely N-dealkylation sites (tertiary alicyclic amines) is 1. The molecular weight excluding hydrogens is 628 g/mol. The first-order chi connectivity index (χ1) is 24.4. The van der Waals surface area contributed by atoms with Crippen molar-refractivity contribution in [2.45, 2.75) is 63.5 Å². The number of methoxy groups -OCH3 is 3. The fourth-order valence-electron chi connectivity index (χ4n) is 6.94. The van der Waals surface area contributed by atoms with E-state index in [-0.39, 0.29) is 34.9 Å². The van der Waals surface area contributed by atoms with E-state index in [2.05, 4.69) is 41.7 Å². The maximum Gasteiger partial charge on any atom is 0.295 e. The number of ketones is 1. The second-order valence-corrected chi connectivity index (χ2v) is 13.0. The number of Topliss-reactive ketones (excluding diaryl/α,β-unsaturated/α-hetero) is 1. The zero-order valence-electron chi connectivity index (χ0n) is 29.3. The predicted octanol–water partition coefficient (Wildman–Crippen LogP) is 6.89. The number of carbonyl (C=O) groups excluding carboxylic acids is 3. The van der Waals surface area contributed by atoms with Gasteiger partial charge in [0.2, 0.25) is 11.7 Å². The molecule has 1 heterocycles. The number of carbonyl (C=O) groups is 3. The Kier molecular flexibility index (Phi) is 13.1. The van der Waals surface area contributed by atoms with E-state index in [1.807, 2.05) is 54.6 Å². The van der Waals surface area contributed by atoms with Gasteiger partial charge < -0.3 is 24.4 Å². The number of amides is 2. The highest BCUT2D eigenvalue weighted by atomic mass is 16.5. The molecule has 2 unspecified atom stereocenters. The number of rotatable bonds is 17. The molecule has 2 atom stereocenters. The van der Waals surface area contributed by atoms with Crippen molar-refractivity contribution in [1.29, 1.82) is 0 Å². The highest BCUT2D eigenvalue weighted by Gasteiger charge is 2.42. The molecule has 5 rings (SSSR count). The molecule has 1 aliphatic heterocycles. The van der Waals surface area contributed by atoms with Gasteiger partial charge in [0.05, 0.1) is 21.3 Å². The zero-order valence-corrected chi connectivity index (χ0v) is 29.3. The SMILES string of the molecule is COc1cc(C(=O)C(=O)N2CC(Cc3ccccc3)CC2C(=O)NC(CCCc2ccccc2)CCCc2ccccc2)cc(OC)c1OC. The van der Waals surface area contributed by atoms with Crippen LogP contribution in [0.1, 0.15) is 59.2 Å². The van der Waals surface area contributed by atoms with Gasteiger partial charge in [-0.1, -0.05) is 91.0 Å². The highest BCUT2D eigenvalue weighted by Crippen LogP contribution is 2.38. The summed E-state index contributed by atoms with van der Waals surface area (Å²) in [5.41, 5.74) is 3.77. The molecule has 0 aliphatic carbocycles. The maximum atomic E-state index is 14.2. The van der Waals surface area contributed by atoms with E-state index < -0.39 is 17.7 Å². The molecule has 8 nitrogen and oxygen atoms in total.